The van der Waals surface area contributed by atoms with Crippen LogP contribution in [0, 0.1) is 0 Å². The molecule has 3 nitrogen and oxygen atoms in total. The van der Waals surface area contributed by atoms with Crippen molar-refractivity contribution in [1.82, 2.24) is 0 Å². The second-order valence-electron chi connectivity index (χ2n) is 6.71. The van der Waals surface area contributed by atoms with Gasteiger partial charge in [0.25, 0.3) is 0 Å². The molecule has 0 heterocycles. The average molecular weight is 336 g/mol. The Kier molecular flexibility index (Phi) is 5.54. The van der Waals surface area contributed by atoms with Crippen LogP contribution in [0.5, 0.6) is 5.75 Å². The van der Waals surface area contributed by atoms with Crippen molar-refractivity contribution in [2.45, 2.75) is 44.9 Å². The first-order valence-electron chi connectivity index (χ1n) is 8.96. The molecule has 0 atom stereocenters. The first-order chi connectivity index (χ1) is 12.1. The lowest BCUT2D eigenvalue weighted by atomic mass is 9.89. The number of benzene rings is 2. The number of carboxylic acid groups (broad SMARTS) is 1. The maximum absolute atomic E-state index is 10.9. The Morgan fingerprint density at radius 1 is 0.800 bits per heavy atom. The summed E-state index contributed by atoms with van der Waals surface area (Å²) in [4.78, 5) is 10.9. The predicted octanol–water partition coefficient (Wildman–Crippen LogP) is 5.18. The molecule has 3 rings (SSSR count). The van der Waals surface area contributed by atoms with Crippen LogP contribution in [0.1, 0.15) is 55.2 Å². The molecule has 130 valence electrons. The van der Waals surface area contributed by atoms with Crippen LogP contribution in [-0.4, -0.2) is 16.2 Å². The molecule has 2 N–H and O–H groups in total. The molecule has 1 aliphatic carbocycles. The van der Waals surface area contributed by atoms with Crippen molar-refractivity contribution in [3.63, 3.8) is 0 Å². The molecule has 0 spiro atoms. The number of carboxylic acids is 1. The molecule has 3 heteroatoms. The summed E-state index contributed by atoms with van der Waals surface area (Å²) in [6.45, 7) is 0. The zero-order valence-electron chi connectivity index (χ0n) is 14.4. The SMILES string of the molecule is O=C(O)Cc1ccc(C(=C2CCCCCC2)c2ccc(O)cc2)cc1. The van der Waals surface area contributed by atoms with Gasteiger partial charge in [-0.1, -0.05) is 54.8 Å². The van der Waals surface area contributed by atoms with Gasteiger partial charge in [-0.25, -0.2) is 0 Å². The van der Waals surface area contributed by atoms with Crippen LogP contribution in [0.3, 0.4) is 0 Å². The van der Waals surface area contributed by atoms with E-state index in [-0.39, 0.29) is 12.2 Å². The van der Waals surface area contributed by atoms with E-state index in [2.05, 4.69) is 0 Å². The summed E-state index contributed by atoms with van der Waals surface area (Å²) in [5.41, 5.74) is 5.75. The van der Waals surface area contributed by atoms with Gasteiger partial charge in [0.2, 0.25) is 0 Å². The Hall–Kier alpha value is -2.55. The highest BCUT2D eigenvalue weighted by atomic mass is 16.4. The fraction of sp³-hybridized carbons (Fsp3) is 0.318. The summed E-state index contributed by atoms with van der Waals surface area (Å²) in [6, 6.07) is 15.2. The van der Waals surface area contributed by atoms with E-state index < -0.39 is 5.97 Å². The maximum atomic E-state index is 10.9. The van der Waals surface area contributed by atoms with E-state index in [0.29, 0.717) is 0 Å². The molecule has 0 radical (unpaired) electrons. The average Bonchev–Trinajstić information content (AvgIpc) is 2.87. The van der Waals surface area contributed by atoms with Crippen molar-refractivity contribution in [1.29, 1.82) is 0 Å². The lowest BCUT2D eigenvalue weighted by molar-refractivity contribution is -0.136. The van der Waals surface area contributed by atoms with E-state index in [1.165, 1.54) is 36.8 Å². The quantitative estimate of drug-likeness (QED) is 0.757. The molecule has 0 saturated heterocycles. The molecule has 1 saturated carbocycles. The molecule has 1 fully saturated rings. The van der Waals surface area contributed by atoms with Crippen molar-refractivity contribution < 1.29 is 15.0 Å². The van der Waals surface area contributed by atoms with Crippen LogP contribution >= 0.6 is 0 Å². The van der Waals surface area contributed by atoms with Crippen molar-refractivity contribution in [2.24, 2.45) is 0 Å². The highest BCUT2D eigenvalue weighted by Gasteiger charge is 2.14. The van der Waals surface area contributed by atoms with Gasteiger partial charge in [0.1, 0.15) is 5.75 Å². The van der Waals surface area contributed by atoms with Crippen molar-refractivity contribution in [3.8, 4) is 5.75 Å². The number of hydrogen-bond acceptors (Lipinski definition) is 2. The third-order valence-corrected chi connectivity index (χ3v) is 4.81. The summed E-state index contributed by atoms with van der Waals surface area (Å²) < 4.78 is 0. The van der Waals surface area contributed by atoms with Crippen LogP contribution in [0.25, 0.3) is 5.57 Å². The van der Waals surface area contributed by atoms with E-state index in [4.69, 9.17) is 5.11 Å². The van der Waals surface area contributed by atoms with Crippen LogP contribution in [0.2, 0.25) is 0 Å². The largest absolute Gasteiger partial charge is 0.508 e. The van der Waals surface area contributed by atoms with Crippen molar-refractivity contribution >= 4 is 11.5 Å². The molecular weight excluding hydrogens is 312 g/mol. The van der Waals surface area contributed by atoms with Gasteiger partial charge in [-0.2, -0.15) is 0 Å². The second kappa shape index (κ2) is 8.02. The Labute approximate surface area is 148 Å². The monoisotopic (exact) mass is 336 g/mol. The van der Waals surface area contributed by atoms with Crippen LogP contribution < -0.4 is 0 Å². The Bertz CT molecular complexity index is 745. The normalized spacial score (nSPS) is 14.8. The van der Waals surface area contributed by atoms with Gasteiger partial charge in [0.05, 0.1) is 6.42 Å². The van der Waals surface area contributed by atoms with E-state index in [1.807, 2.05) is 36.4 Å². The van der Waals surface area contributed by atoms with Crippen molar-refractivity contribution in [2.75, 3.05) is 0 Å². The number of carbonyl (C=O) groups is 1. The molecule has 25 heavy (non-hydrogen) atoms. The molecule has 0 aliphatic heterocycles. The lowest BCUT2D eigenvalue weighted by Gasteiger charge is -2.16. The minimum Gasteiger partial charge on any atom is -0.508 e. The first-order valence-corrected chi connectivity index (χ1v) is 8.96. The minimum absolute atomic E-state index is 0.0470. The zero-order chi connectivity index (χ0) is 17.6. The number of aromatic hydroxyl groups is 1. The fourth-order valence-electron chi connectivity index (χ4n) is 3.57. The molecule has 0 bridgehead atoms. The number of rotatable bonds is 4. The molecule has 0 amide bonds. The zero-order valence-corrected chi connectivity index (χ0v) is 14.4. The first kappa shape index (κ1) is 17.3. The molecule has 0 unspecified atom stereocenters. The highest BCUT2D eigenvalue weighted by Crippen LogP contribution is 2.35. The summed E-state index contributed by atoms with van der Waals surface area (Å²) >= 11 is 0. The summed E-state index contributed by atoms with van der Waals surface area (Å²) in [7, 11) is 0. The fourth-order valence-corrected chi connectivity index (χ4v) is 3.57. The van der Waals surface area contributed by atoms with E-state index in [1.54, 1.807) is 12.1 Å². The Balaban J connectivity index is 2.02. The smallest absolute Gasteiger partial charge is 0.307 e. The van der Waals surface area contributed by atoms with Gasteiger partial charge in [-0.15, -0.1) is 0 Å². The van der Waals surface area contributed by atoms with Crippen LogP contribution in [-0.2, 0) is 11.2 Å². The third kappa shape index (κ3) is 4.50. The van der Waals surface area contributed by atoms with Gasteiger partial charge in [-0.05, 0) is 60.1 Å². The topological polar surface area (TPSA) is 57.5 Å². The Morgan fingerprint density at radius 3 is 1.84 bits per heavy atom. The van der Waals surface area contributed by atoms with E-state index in [9.17, 15) is 9.90 Å². The lowest BCUT2D eigenvalue weighted by Crippen LogP contribution is -2.00. The summed E-state index contributed by atoms with van der Waals surface area (Å²) in [5.74, 6) is -0.542. The van der Waals surface area contributed by atoms with Gasteiger partial charge >= 0.3 is 5.97 Å². The number of hydrogen-bond donors (Lipinski definition) is 2. The Morgan fingerprint density at radius 2 is 1.32 bits per heavy atom. The van der Waals surface area contributed by atoms with Gasteiger partial charge in [-0.3, -0.25) is 4.79 Å². The standard InChI is InChI=1S/C22H24O3/c23-20-13-11-19(12-14-20)22(17-5-3-1-2-4-6-17)18-9-7-16(8-10-18)15-21(24)25/h7-14,23H,1-6,15H2,(H,24,25). The molecule has 1 aliphatic rings. The summed E-state index contributed by atoms with van der Waals surface area (Å²) in [5, 5.41) is 18.6. The minimum atomic E-state index is -0.811. The van der Waals surface area contributed by atoms with Gasteiger partial charge in [0.15, 0.2) is 0 Å². The molecule has 2 aromatic carbocycles. The van der Waals surface area contributed by atoms with E-state index in [0.717, 1.165) is 29.5 Å². The second-order valence-corrected chi connectivity index (χ2v) is 6.71. The molecule has 2 aromatic rings. The number of phenolic OH excluding ortho intramolecular Hbond substituents is 1. The van der Waals surface area contributed by atoms with Gasteiger partial charge < -0.3 is 10.2 Å². The highest BCUT2D eigenvalue weighted by molar-refractivity contribution is 5.82. The van der Waals surface area contributed by atoms with E-state index >= 15 is 0 Å². The van der Waals surface area contributed by atoms with Gasteiger partial charge in [0, 0.05) is 0 Å². The third-order valence-electron chi connectivity index (χ3n) is 4.81. The van der Waals surface area contributed by atoms with Crippen LogP contribution in [0.15, 0.2) is 54.1 Å². The van der Waals surface area contributed by atoms with Crippen molar-refractivity contribution in [3.05, 3.63) is 70.8 Å². The molecule has 0 aromatic heterocycles. The number of phenols is 1. The number of aliphatic carboxylic acids is 1. The maximum Gasteiger partial charge on any atom is 0.307 e. The number of allylic oxidation sites excluding steroid dienone is 1. The predicted molar refractivity (Wildman–Crippen MR) is 99.6 cm³/mol. The summed E-state index contributed by atoms with van der Waals surface area (Å²) in [6.07, 6.45) is 7.25. The van der Waals surface area contributed by atoms with Crippen LogP contribution in [0.4, 0.5) is 0 Å². The molecular formula is C22H24O3.